The average molecular weight is 293 g/mol. The lowest BCUT2D eigenvalue weighted by Gasteiger charge is -2.35. The molecule has 0 radical (unpaired) electrons. The van der Waals surface area contributed by atoms with Gasteiger partial charge in [0.05, 0.1) is 7.11 Å². The van der Waals surface area contributed by atoms with Crippen molar-refractivity contribution in [1.29, 1.82) is 0 Å². The van der Waals surface area contributed by atoms with Crippen LogP contribution in [0, 0.1) is 0 Å². The third kappa shape index (κ3) is 4.36. The number of likely N-dealkylation sites (tertiary alicyclic amines) is 1. The van der Waals surface area contributed by atoms with E-state index in [0.29, 0.717) is 18.2 Å². The van der Waals surface area contributed by atoms with Gasteiger partial charge in [0.2, 0.25) is 0 Å². The topological polar surface area (TPSA) is 70.0 Å². The molecule has 1 unspecified atom stereocenters. The number of ether oxygens (including phenoxy) is 1. The third-order valence-corrected chi connectivity index (χ3v) is 4.07. The molecule has 2 N–H and O–H groups in total. The molecule has 1 fully saturated rings. The molecule has 1 heterocycles. The minimum absolute atomic E-state index is 0.147. The fourth-order valence-electron chi connectivity index (χ4n) is 2.95. The summed E-state index contributed by atoms with van der Waals surface area (Å²) in [4.78, 5) is 13.1. The number of hydrogen-bond donors (Lipinski definition) is 2. The number of nitrogens with zero attached hydrogens (tertiary/aromatic N) is 1. The molecule has 0 aliphatic carbocycles. The fraction of sp³-hybridized carbons (Fsp3) is 0.562. The number of phenols is 1. The molecule has 0 saturated carbocycles. The second-order valence-electron chi connectivity index (χ2n) is 5.56. The molecule has 5 nitrogen and oxygen atoms in total. The van der Waals surface area contributed by atoms with E-state index in [1.807, 2.05) is 6.07 Å². The number of carboxylic acids is 1. The lowest BCUT2D eigenvalue weighted by molar-refractivity contribution is -0.137. The van der Waals surface area contributed by atoms with E-state index in [1.165, 1.54) is 7.11 Å². The maximum absolute atomic E-state index is 10.8. The summed E-state index contributed by atoms with van der Waals surface area (Å²) in [6.07, 6.45) is 4.27. The number of aliphatic carboxylic acids is 1. The van der Waals surface area contributed by atoms with E-state index in [-0.39, 0.29) is 12.2 Å². The van der Waals surface area contributed by atoms with Gasteiger partial charge in [0.15, 0.2) is 11.5 Å². The van der Waals surface area contributed by atoms with Crippen LogP contribution in [0.15, 0.2) is 18.2 Å². The number of benzene rings is 1. The van der Waals surface area contributed by atoms with Gasteiger partial charge < -0.3 is 14.9 Å². The van der Waals surface area contributed by atoms with Crippen molar-refractivity contribution in [3.63, 3.8) is 0 Å². The van der Waals surface area contributed by atoms with Gasteiger partial charge in [-0.2, -0.15) is 0 Å². The van der Waals surface area contributed by atoms with Crippen molar-refractivity contribution in [2.24, 2.45) is 0 Å². The predicted molar refractivity (Wildman–Crippen MR) is 79.6 cm³/mol. The van der Waals surface area contributed by atoms with Crippen LogP contribution < -0.4 is 4.74 Å². The van der Waals surface area contributed by atoms with E-state index in [1.54, 1.807) is 12.1 Å². The molecule has 2 rings (SSSR count). The van der Waals surface area contributed by atoms with Crippen LogP contribution >= 0.6 is 0 Å². The van der Waals surface area contributed by atoms with Crippen LogP contribution in [-0.2, 0) is 11.3 Å². The predicted octanol–water partition coefficient (Wildman–Crippen LogP) is 2.62. The first kappa shape index (κ1) is 15.6. The van der Waals surface area contributed by atoms with Crippen molar-refractivity contribution in [1.82, 2.24) is 4.90 Å². The molecule has 21 heavy (non-hydrogen) atoms. The van der Waals surface area contributed by atoms with Gasteiger partial charge in [0, 0.05) is 19.0 Å². The SMILES string of the molecule is COc1ccc(CN2CCCCC2CCC(=O)O)cc1O. The zero-order valence-corrected chi connectivity index (χ0v) is 12.4. The molecule has 1 aromatic rings. The maximum Gasteiger partial charge on any atom is 0.303 e. The van der Waals surface area contributed by atoms with Crippen molar-refractivity contribution >= 4 is 5.97 Å². The van der Waals surface area contributed by atoms with Crippen LogP contribution in [0.4, 0.5) is 0 Å². The van der Waals surface area contributed by atoms with E-state index in [9.17, 15) is 9.90 Å². The highest BCUT2D eigenvalue weighted by atomic mass is 16.5. The number of carboxylic acid groups (broad SMARTS) is 1. The Balaban J connectivity index is 2.01. The largest absolute Gasteiger partial charge is 0.504 e. The molecule has 0 spiro atoms. The summed E-state index contributed by atoms with van der Waals surface area (Å²) in [5.74, 6) is -0.114. The molecule has 5 heteroatoms. The molecule has 1 aliphatic heterocycles. The molecular formula is C16H23NO4. The number of phenolic OH excluding ortho intramolecular Hbond substituents is 1. The van der Waals surface area contributed by atoms with Gasteiger partial charge in [-0.05, 0) is 43.5 Å². The molecular weight excluding hydrogens is 270 g/mol. The first-order valence-electron chi connectivity index (χ1n) is 7.42. The molecule has 0 bridgehead atoms. The van der Waals surface area contributed by atoms with Crippen LogP contribution in [0.3, 0.4) is 0 Å². The highest BCUT2D eigenvalue weighted by Crippen LogP contribution is 2.28. The number of methoxy groups -OCH3 is 1. The highest BCUT2D eigenvalue weighted by Gasteiger charge is 2.23. The van der Waals surface area contributed by atoms with Gasteiger partial charge in [-0.25, -0.2) is 0 Å². The first-order valence-corrected chi connectivity index (χ1v) is 7.42. The summed E-state index contributed by atoms with van der Waals surface area (Å²) < 4.78 is 5.05. The van der Waals surface area contributed by atoms with Gasteiger partial charge in [0.25, 0.3) is 0 Å². The van der Waals surface area contributed by atoms with E-state index < -0.39 is 5.97 Å². The summed E-state index contributed by atoms with van der Waals surface area (Å²) in [5.41, 5.74) is 1.02. The zero-order valence-electron chi connectivity index (χ0n) is 12.4. The molecule has 1 aromatic carbocycles. The number of aromatic hydroxyl groups is 1. The van der Waals surface area contributed by atoms with Crippen LogP contribution in [0.1, 0.15) is 37.7 Å². The van der Waals surface area contributed by atoms with Crippen LogP contribution in [0.2, 0.25) is 0 Å². The van der Waals surface area contributed by atoms with Gasteiger partial charge in [-0.15, -0.1) is 0 Å². The summed E-state index contributed by atoms with van der Waals surface area (Å²) in [7, 11) is 1.53. The molecule has 1 saturated heterocycles. The summed E-state index contributed by atoms with van der Waals surface area (Å²) in [5, 5.41) is 18.7. The molecule has 116 valence electrons. The quantitative estimate of drug-likeness (QED) is 0.843. The fourth-order valence-corrected chi connectivity index (χ4v) is 2.95. The van der Waals surface area contributed by atoms with Crippen LogP contribution in [-0.4, -0.2) is 40.8 Å². The lowest BCUT2D eigenvalue weighted by Crippen LogP contribution is -2.39. The van der Waals surface area contributed by atoms with Crippen LogP contribution in [0.5, 0.6) is 11.5 Å². The monoisotopic (exact) mass is 293 g/mol. The Morgan fingerprint density at radius 1 is 1.43 bits per heavy atom. The first-order chi connectivity index (χ1) is 10.1. The maximum atomic E-state index is 10.8. The zero-order chi connectivity index (χ0) is 15.2. The van der Waals surface area contributed by atoms with E-state index in [2.05, 4.69) is 4.90 Å². The van der Waals surface area contributed by atoms with Gasteiger partial charge in [0.1, 0.15) is 0 Å². The Labute approximate surface area is 125 Å². The van der Waals surface area contributed by atoms with Gasteiger partial charge >= 0.3 is 5.97 Å². The smallest absolute Gasteiger partial charge is 0.303 e. The summed E-state index contributed by atoms with van der Waals surface area (Å²) in [6.45, 7) is 1.72. The highest BCUT2D eigenvalue weighted by molar-refractivity contribution is 5.66. The number of hydrogen-bond acceptors (Lipinski definition) is 4. The lowest BCUT2D eigenvalue weighted by atomic mass is 9.97. The second kappa shape index (κ2) is 7.31. The van der Waals surface area contributed by atoms with E-state index >= 15 is 0 Å². The second-order valence-corrected chi connectivity index (χ2v) is 5.56. The van der Waals surface area contributed by atoms with Crippen molar-refractivity contribution in [2.75, 3.05) is 13.7 Å². The molecule has 0 amide bonds. The van der Waals surface area contributed by atoms with Gasteiger partial charge in [-0.3, -0.25) is 9.69 Å². The average Bonchev–Trinajstić information content (AvgIpc) is 2.46. The summed E-state index contributed by atoms with van der Waals surface area (Å²) >= 11 is 0. The van der Waals surface area contributed by atoms with Gasteiger partial charge in [-0.1, -0.05) is 12.5 Å². The van der Waals surface area contributed by atoms with E-state index in [4.69, 9.17) is 9.84 Å². The Kier molecular flexibility index (Phi) is 5.44. The number of carbonyl (C=O) groups is 1. The van der Waals surface area contributed by atoms with Crippen molar-refractivity contribution in [3.8, 4) is 11.5 Å². The van der Waals surface area contributed by atoms with Crippen molar-refractivity contribution in [3.05, 3.63) is 23.8 Å². The van der Waals surface area contributed by atoms with Crippen molar-refractivity contribution in [2.45, 2.75) is 44.7 Å². The van der Waals surface area contributed by atoms with Crippen molar-refractivity contribution < 1.29 is 19.7 Å². The minimum atomic E-state index is -0.734. The minimum Gasteiger partial charge on any atom is -0.504 e. The molecule has 1 aliphatic rings. The Morgan fingerprint density at radius 3 is 2.90 bits per heavy atom. The molecule has 1 atom stereocenters. The Hall–Kier alpha value is -1.75. The number of rotatable bonds is 6. The standard InChI is InChI=1S/C16H23NO4/c1-21-15-7-5-12(10-14(15)18)11-17-9-3-2-4-13(17)6-8-16(19)20/h5,7,10,13,18H,2-4,6,8-9,11H2,1H3,(H,19,20). The third-order valence-electron chi connectivity index (χ3n) is 4.07. The normalized spacial score (nSPS) is 19.4. The molecule has 0 aromatic heterocycles. The van der Waals surface area contributed by atoms with E-state index in [0.717, 1.165) is 37.9 Å². The Bertz CT molecular complexity index is 489. The number of piperidine rings is 1. The summed E-state index contributed by atoms with van der Waals surface area (Å²) in [6, 6.07) is 5.75. The van der Waals surface area contributed by atoms with Crippen LogP contribution in [0.25, 0.3) is 0 Å². The Morgan fingerprint density at radius 2 is 2.24 bits per heavy atom.